The number of aryl methyl sites for hydroxylation is 1. The van der Waals surface area contributed by atoms with Crippen LogP contribution in [0.25, 0.3) is 0 Å². The van der Waals surface area contributed by atoms with Crippen molar-refractivity contribution in [2.45, 2.75) is 6.92 Å². The molecule has 90 valence electrons. The number of anilines is 2. The fraction of sp³-hybridized carbons (Fsp3) is 0.154. The van der Waals surface area contributed by atoms with Crippen LogP contribution >= 0.6 is 0 Å². The van der Waals surface area contributed by atoms with Crippen molar-refractivity contribution in [2.24, 2.45) is 0 Å². The molecule has 0 saturated carbocycles. The normalized spacial score (nSPS) is 9.89. The Morgan fingerprint density at radius 2 is 1.89 bits per heavy atom. The predicted octanol–water partition coefficient (Wildman–Crippen LogP) is 2.56. The minimum atomic E-state index is -0.440. The molecule has 0 radical (unpaired) electrons. The van der Waals surface area contributed by atoms with Crippen LogP contribution in [0.3, 0.4) is 0 Å². The molecule has 0 aliphatic heterocycles. The van der Waals surface area contributed by atoms with E-state index in [9.17, 15) is 4.39 Å². The van der Waals surface area contributed by atoms with Gasteiger partial charge >= 0.3 is 0 Å². The molecule has 0 unspecified atom stereocenters. The third-order valence-electron chi connectivity index (χ3n) is 2.65. The van der Waals surface area contributed by atoms with Gasteiger partial charge in [0, 0.05) is 12.7 Å². The lowest BCUT2D eigenvalue weighted by Gasteiger charge is -2.19. The number of benzene rings is 1. The van der Waals surface area contributed by atoms with E-state index in [1.165, 1.54) is 6.33 Å². The summed E-state index contributed by atoms with van der Waals surface area (Å²) in [5.41, 5.74) is 1.62. The van der Waals surface area contributed by atoms with E-state index in [0.29, 0.717) is 11.3 Å². The Kier molecular flexibility index (Phi) is 3.20. The van der Waals surface area contributed by atoms with Crippen molar-refractivity contribution in [3.8, 4) is 6.07 Å². The Labute approximate surface area is 104 Å². The van der Waals surface area contributed by atoms with E-state index in [2.05, 4.69) is 9.97 Å². The van der Waals surface area contributed by atoms with E-state index in [4.69, 9.17) is 5.26 Å². The topological polar surface area (TPSA) is 52.8 Å². The molecule has 0 aliphatic carbocycles. The Morgan fingerprint density at radius 3 is 2.50 bits per heavy atom. The molecule has 0 aliphatic rings. The summed E-state index contributed by atoms with van der Waals surface area (Å²) in [5, 5.41) is 8.72. The maximum atomic E-state index is 13.9. The number of nitrogens with zero attached hydrogens (tertiary/aromatic N) is 4. The molecule has 2 rings (SSSR count). The SMILES string of the molecule is Cc1ncnc(N(C)c2ccc(C#N)cc2)c1F. The average Bonchev–Trinajstić information content (AvgIpc) is 2.41. The minimum absolute atomic E-state index is 0.215. The number of hydrogen-bond donors (Lipinski definition) is 0. The first-order valence-electron chi connectivity index (χ1n) is 5.34. The molecule has 5 heteroatoms. The summed E-state index contributed by atoms with van der Waals surface area (Å²) >= 11 is 0. The average molecular weight is 242 g/mol. The second kappa shape index (κ2) is 4.80. The highest BCUT2D eigenvalue weighted by Crippen LogP contribution is 2.24. The molecule has 1 heterocycles. The van der Waals surface area contributed by atoms with Crippen LogP contribution in [0.5, 0.6) is 0 Å². The molecule has 2 aromatic rings. The van der Waals surface area contributed by atoms with Crippen LogP contribution in [-0.2, 0) is 0 Å². The van der Waals surface area contributed by atoms with Gasteiger partial charge in [-0.3, -0.25) is 0 Å². The molecule has 0 atom stereocenters. The molecule has 0 amide bonds. The standard InChI is InChI=1S/C13H11FN4/c1-9-12(14)13(17-8-16-9)18(2)11-5-3-10(7-15)4-6-11/h3-6,8H,1-2H3. The number of nitriles is 1. The van der Waals surface area contributed by atoms with Gasteiger partial charge in [0.2, 0.25) is 0 Å². The summed E-state index contributed by atoms with van der Waals surface area (Å²) < 4.78 is 13.9. The molecular formula is C13H11FN4. The van der Waals surface area contributed by atoms with Crippen molar-refractivity contribution in [1.29, 1.82) is 5.26 Å². The lowest BCUT2D eigenvalue weighted by molar-refractivity contribution is 0.601. The molecule has 0 spiro atoms. The van der Waals surface area contributed by atoms with Gasteiger partial charge in [-0.25, -0.2) is 14.4 Å². The van der Waals surface area contributed by atoms with Crippen molar-refractivity contribution >= 4 is 11.5 Å². The molecular weight excluding hydrogens is 231 g/mol. The monoisotopic (exact) mass is 242 g/mol. The Hall–Kier alpha value is -2.48. The second-order valence-electron chi connectivity index (χ2n) is 3.81. The van der Waals surface area contributed by atoms with Crippen LogP contribution in [0, 0.1) is 24.1 Å². The van der Waals surface area contributed by atoms with Gasteiger partial charge in [-0.05, 0) is 31.2 Å². The van der Waals surface area contributed by atoms with Crippen LogP contribution < -0.4 is 4.90 Å². The lowest BCUT2D eigenvalue weighted by atomic mass is 10.2. The van der Waals surface area contributed by atoms with Crippen molar-refractivity contribution in [3.05, 3.63) is 47.7 Å². The molecule has 0 N–H and O–H groups in total. The second-order valence-corrected chi connectivity index (χ2v) is 3.81. The minimum Gasteiger partial charge on any atom is -0.327 e. The first-order valence-corrected chi connectivity index (χ1v) is 5.34. The van der Waals surface area contributed by atoms with Gasteiger partial charge in [-0.1, -0.05) is 0 Å². The van der Waals surface area contributed by atoms with E-state index in [1.54, 1.807) is 43.1 Å². The molecule has 0 bridgehead atoms. The van der Waals surface area contributed by atoms with Crippen molar-refractivity contribution in [2.75, 3.05) is 11.9 Å². The van der Waals surface area contributed by atoms with Gasteiger partial charge in [0.05, 0.1) is 17.3 Å². The third-order valence-corrected chi connectivity index (χ3v) is 2.65. The van der Waals surface area contributed by atoms with Crippen LogP contribution in [0.4, 0.5) is 15.9 Å². The fourth-order valence-corrected chi connectivity index (χ4v) is 1.56. The number of hydrogen-bond acceptors (Lipinski definition) is 4. The number of rotatable bonds is 2. The Bertz CT molecular complexity index is 601. The zero-order valence-electron chi connectivity index (χ0n) is 10.1. The first kappa shape index (κ1) is 12.0. The summed E-state index contributed by atoms with van der Waals surface area (Å²) in [6, 6.07) is 8.88. The van der Waals surface area contributed by atoms with E-state index in [0.717, 1.165) is 5.69 Å². The van der Waals surface area contributed by atoms with E-state index in [-0.39, 0.29) is 5.82 Å². The first-order chi connectivity index (χ1) is 8.63. The Balaban J connectivity index is 2.38. The zero-order chi connectivity index (χ0) is 13.1. The molecule has 18 heavy (non-hydrogen) atoms. The van der Waals surface area contributed by atoms with Gasteiger partial charge in [-0.15, -0.1) is 0 Å². The van der Waals surface area contributed by atoms with Crippen LogP contribution in [0.15, 0.2) is 30.6 Å². The van der Waals surface area contributed by atoms with Crippen molar-refractivity contribution in [1.82, 2.24) is 9.97 Å². The molecule has 1 aromatic heterocycles. The van der Waals surface area contributed by atoms with Crippen LogP contribution in [-0.4, -0.2) is 17.0 Å². The van der Waals surface area contributed by atoms with Gasteiger partial charge < -0.3 is 4.90 Å². The summed E-state index contributed by atoms with van der Waals surface area (Å²) in [4.78, 5) is 9.34. The third kappa shape index (κ3) is 2.13. The highest BCUT2D eigenvalue weighted by Gasteiger charge is 2.13. The quantitative estimate of drug-likeness (QED) is 0.812. The van der Waals surface area contributed by atoms with E-state index < -0.39 is 5.82 Å². The number of halogens is 1. The Morgan fingerprint density at radius 1 is 1.22 bits per heavy atom. The van der Waals surface area contributed by atoms with Crippen molar-refractivity contribution < 1.29 is 4.39 Å². The van der Waals surface area contributed by atoms with Crippen molar-refractivity contribution in [3.63, 3.8) is 0 Å². The van der Waals surface area contributed by atoms with Crippen LogP contribution in [0.2, 0.25) is 0 Å². The smallest absolute Gasteiger partial charge is 0.187 e. The van der Waals surface area contributed by atoms with Gasteiger partial charge in [0.25, 0.3) is 0 Å². The summed E-state index contributed by atoms with van der Waals surface area (Å²) in [5.74, 6) is -0.225. The summed E-state index contributed by atoms with van der Waals surface area (Å²) in [6.07, 6.45) is 1.33. The van der Waals surface area contributed by atoms with Gasteiger partial charge in [0.1, 0.15) is 6.33 Å². The van der Waals surface area contributed by atoms with Gasteiger partial charge in [-0.2, -0.15) is 5.26 Å². The maximum Gasteiger partial charge on any atom is 0.187 e. The van der Waals surface area contributed by atoms with E-state index >= 15 is 0 Å². The van der Waals surface area contributed by atoms with E-state index in [1.807, 2.05) is 6.07 Å². The molecule has 1 aromatic carbocycles. The molecule has 4 nitrogen and oxygen atoms in total. The van der Waals surface area contributed by atoms with Crippen LogP contribution in [0.1, 0.15) is 11.3 Å². The highest BCUT2D eigenvalue weighted by molar-refractivity contribution is 5.60. The predicted molar refractivity (Wildman–Crippen MR) is 65.9 cm³/mol. The summed E-state index contributed by atoms with van der Waals surface area (Å²) in [7, 11) is 1.71. The summed E-state index contributed by atoms with van der Waals surface area (Å²) in [6.45, 7) is 1.59. The molecule has 0 fully saturated rings. The fourth-order valence-electron chi connectivity index (χ4n) is 1.56. The van der Waals surface area contributed by atoms with Gasteiger partial charge in [0.15, 0.2) is 11.6 Å². The lowest BCUT2D eigenvalue weighted by Crippen LogP contribution is -2.14. The maximum absolute atomic E-state index is 13.9. The number of aromatic nitrogens is 2. The molecule has 0 saturated heterocycles. The highest BCUT2D eigenvalue weighted by atomic mass is 19.1. The zero-order valence-corrected chi connectivity index (χ0v) is 10.1. The largest absolute Gasteiger partial charge is 0.327 e.